The minimum atomic E-state index is -0.520. The number of nitrogens with zero attached hydrogens (tertiary/aromatic N) is 1. The highest BCUT2D eigenvalue weighted by molar-refractivity contribution is 6.31. The van der Waals surface area contributed by atoms with E-state index >= 15 is 0 Å². The van der Waals surface area contributed by atoms with Crippen LogP contribution in [0.15, 0.2) is 42.5 Å². The van der Waals surface area contributed by atoms with Crippen LogP contribution in [0.2, 0.25) is 5.02 Å². The summed E-state index contributed by atoms with van der Waals surface area (Å²) in [5.41, 5.74) is 1.73. The van der Waals surface area contributed by atoms with Crippen molar-refractivity contribution in [3.8, 4) is 0 Å². The molecule has 1 saturated heterocycles. The van der Waals surface area contributed by atoms with Crippen LogP contribution in [0.1, 0.15) is 17.5 Å². The summed E-state index contributed by atoms with van der Waals surface area (Å²) in [5.74, 6) is -0.351. The van der Waals surface area contributed by atoms with Crippen LogP contribution in [0.5, 0.6) is 0 Å². The molecule has 2 heterocycles. The number of benzene rings is 2. The van der Waals surface area contributed by atoms with Crippen molar-refractivity contribution in [3.05, 3.63) is 64.4 Å². The van der Waals surface area contributed by atoms with Crippen molar-refractivity contribution in [2.24, 2.45) is 0 Å². The fraction of sp³-hybridized carbons (Fsp3) is 0.278. The van der Waals surface area contributed by atoms with E-state index < -0.39 is 5.41 Å². The first-order chi connectivity index (χ1) is 11.1. The fourth-order valence-electron chi connectivity index (χ4n) is 3.70. The van der Waals surface area contributed by atoms with Gasteiger partial charge in [-0.05, 0) is 36.7 Å². The standard InChI is InChI=1S/C18H16ClFN2O.ClH/c19-14-5-3-6-15(20)12(14)10-22-16-7-2-1-4-13(16)18(17(22)23)8-9-21-11-18;/h1-7,21H,8-11H2;1H. The van der Waals surface area contributed by atoms with Gasteiger partial charge in [0.25, 0.3) is 0 Å². The monoisotopic (exact) mass is 366 g/mol. The van der Waals surface area contributed by atoms with E-state index in [-0.39, 0.29) is 30.7 Å². The molecule has 24 heavy (non-hydrogen) atoms. The Kier molecular flexibility index (Phi) is 4.56. The van der Waals surface area contributed by atoms with Crippen LogP contribution in [-0.4, -0.2) is 19.0 Å². The third kappa shape index (κ3) is 2.41. The molecule has 6 heteroatoms. The number of hydrogen-bond donors (Lipinski definition) is 1. The van der Waals surface area contributed by atoms with Gasteiger partial charge in [0.15, 0.2) is 0 Å². The van der Waals surface area contributed by atoms with Crippen molar-refractivity contribution in [1.29, 1.82) is 0 Å². The summed E-state index contributed by atoms with van der Waals surface area (Å²) < 4.78 is 14.1. The number of fused-ring (bicyclic) bond motifs is 2. The van der Waals surface area contributed by atoms with Gasteiger partial charge in [0.1, 0.15) is 5.82 Å². The molecule has 126 valence electrons. The summed E-state index contributed by atoms with van der Waals surface area (Å²) in [6.07, 6.45) is 0.768. The lowest BCUT2D eigenvalue weighted by Crippen LogP contribution is -2.41. The molecule has 0 saturated carbocycles. The molecule has 1 atom stereocenters. The van der Waals surface area contributed by atoms with Crippen molar-refractivity contribution in [2.75, 3.05) is 18.0 Å². The number of amides is 1. The normalized spacial score (nSPS) is 21.9. The Labute approximate surface area is 151 Å². The van der Waals surface area contributed by atoms with Crippen molar-refractivity contribution >= 4 is 35.6 Å². The van der Waals surface area contributed by atoms with Gasteiger partial charge >= 0.3 is 0 Å². The number of anilines is 1. The second-order valence-electron chi connectivity index (χ2n) is 6.12. The zero-order chi connectivity index (χ0) is 16.0. The molecule has 1 amide bonds. The Balaban J connectivity index is 0.00000169. The number of carbonyl (C=O) groups is 1. The SMILES string of the molecule is Cl.O=C1N(Cc2c(F)cccc2Cl)c2ccccc2C12CCNC2. The predicted molar refractivity (Wildman–Crippen MR) is 95.5 cm³/mol. The molecule has 2 aliphatic heterocycles. The minimum Gasteiger partial charge on any atom is -0.315 e. The first kappa shape index (κ1) is 17.2. The van der Waals surface area contributed by atoms with Crippen molar-refractivity contribution in [1.82, 2.24) is 5.32 Å². The summed E-state index contributed by atoms with van der Waals surface area (Å²) in [4.78, 5) is 14.8. The van der Waals surface area contributed by atoms with E-state index in [4.69, 9.17) is 11.6 Å². The maximum Gasteiger partial charge on any atom is 0.239 e. The summed E-state index contributed by atoms with van der Waals surface area (Å²) >= 11 is 6.14. The van der Waals surface area contributed by atoms with Gasteiger partial charge in [-0.2, -0.15) is 0 Å². The predicted octanol–water partition coefficient (Wildman–Crippen LogP) is 3.68. The average molecular weight is 367 g/mol. The number of nitrogens with one attached hydrogen (secondary N) is 1. The lowest BCUT2D eigenvalue weighted by atomic mass is 9.81. The van der Waals surface area contributed by atoms with Gasteiger partial charge in [-0.25, -0.2) is 4.39 Å². The third-order valence-corrected chi connectivity index (χ3v) is 5.25. The van der Waals surface area contributed by atoms with Gasteiger partial charge in [0.05, 0.1) is 12.0 Å². The number of halogens is 3. The molecule has 0 radical (unpaired) electrons. The maximum absolute atomic E-state index is 14.1. The van der Waals surface area contributed by atoms with E-state index in [1.54, 1.807) is 17.0 Å². The van der Waals surface area contributed by atoms with Crippen LogP contribution in [0, 0.1) is 5.82 Å². The highest BCUT2D eigenvalue weighted by Gasteiger charge is 2.52. The minimum absolute atomic E-state index is 0. The van der Waals surface area contributed by atoms with Gasteiger partial charge in [-0.1, -0.05) is 35.9 Å². The highest BCUT2D eigenvalue weighted by Crippen LogP contribution is 2.46. The molecular formula is C18H17Cl2FN2O. The Bertz CT molecular complexity index is 770. The summed E-state index contributed by atoms with van der Waals surface area (Å²) in [7, 11) is 0. The second-order valence-corrected chi connectivity index (χ2v) is 6.52. The molecule has 3 nitrogen and oxygen atoms in total. The first-order valence-electron chi connectivity index (χ1n) is 7.68. The van der Waals surface area contributed by atoms with Gasteiger partial charge in [0, 0.05) is 22.8 Å². The van der Waals surface area contributed by atoms with E-state index in [9.17, 15) is 9.18 Å². The molecule has 4 rings (SSSR count). The third-order valence-electron chi connectivity index (χ3n) is 4.90. The van der Waals surface area contributed by atoms with Crippen molar-refractivity contribution < 1.29 is 9.18 Å². The zero-order valence-corrected chi connectivity index (χ0v) is 14.5. The van der Waals surface area contributed by atoms with Crippen LogP contribution in [0.4, 0.5) is 10.1 Å². The number of carbonyl (C=O) groups excluding carboxylic acids is 1. The summed E-state index contributed by atoms with van der Waals surface area (Å²) in [6.45, 7) is 1.60. The Morgan fingerprint density at radius 1 is 1.21 bits per heavy atom. The lowest BCUT2D eigenvalue weighted by Gasteiger charge is -2.23. The Morgan fingerprint density at radius 3 is 2.71 bits per heavy atom. The van der Waals surface area contributed by atoms with Gasteiger partial charge in [-0.3, -0.25) is 4.79 Å². The molecule has 2 aromatic rings. The molecule has 1 N–H and O–H groups in total. The first-order valence-corrected chi connectivity index (χ1v) is 8.06. The second kappa shape index (κ2) is 6.36. The van der Waals surface area contributed by atoms with E-state index in [2.05, 4.69) is 5.32 Å². The van der Waals surface area contributed by atoms with Gasteiger partial charge < -0.3 is 10.2 Å². The van der Waals surface area contributed by atoms with Crippen LogP contribution in [-0.2, 0) is 16.8 Å². The number of hydrogen-bond acceptors (Lipinski definition) is 2. The lowest BCUT2D eigenvalue weighted by molar-refractivity contribution is -0.122. The van der Waals surface area contributed by atoms with E-state index in [0.29, 0.717) is 17.1 Å². The molecular weight excluding hydrogens is 350 g/mol. The fourth-order valence-corrected chi connectivity index (χ4v) is 3.92. The van der Waals surface area contributed by atoms with E-state index in [0.717, 1.165) is 24.2 Å². The van der Waals surface area contributed by atoms with E-state index in [1.165, 1.54) is 6.07 Å². The largest absolute Gasteiger partial charge is 0.315 e. The molecule has 1 spiro atoms. The topological polar surface area (TPSA) is 32.3 Å². The maximum atomic E-state index is 14.1. The molecule has 1 fully saturated rings. The van der Waals surface area contributed by atoms with Crippen LogP contribution < -0.4 is 10.2 Å². The van der Waals surface area contributed by atoms with E-state index in [1.807, 2.05) is 24.3 Å². The quantitative estimate of drug-likeness (QED) is 0.878. The van der Waals surface area contributed by atoms with Gasteiger partial charge in [0.2, 0.25) is 5.91 Å². The average Bonchev–Trinajstić information content (AvgIpc) is 3.12. The van der Waals surface area contributed by atoms with Crippen molar-refractivity contribution in [2.45, 2.75) is 18.4 Å². The Morgan fingerprint density at radius 2 is 2.00 bits per heavy atom. The van der Waals surface area contributed by atoms with Crippen LogP contribution in [0.25, 0.3) is 0 Å². The van der Waals surface area contributed by atoms with Gasteiger partial charge in [-0.15, -0.1) is 12.4 Å². The highest BCUT2D eigenvalue weighted by atomic mass is 35.5. The molecule has 0 aliphatic carbocycles. The molecule has 1 unspecified atom stereocenters. The summed E-state index contributed by atoms with van der Waals surface area (Å²) in [5, 5.41) is 3.63. The summed E-state index contributed by atoms with van der Waals surface area (Å²) in [6, 6.07) is 12.4. The number of para-hydroxylation sites is 1. The molecule has 2 aromatic carbocycles. The number of rotatable bonds is 2. The van der Waals surface area contributed by atoms with Crippen LogP contribution in [0.3, 0.4) is 0 Å². The zero-order valence-electron chi connectivity index (χ0n) is 12.9. The van der Waals surface area contributed by atoms with Crippen LogP contribution >= 0.6 is 24.0 Å². The van der Waals surface area contributed by atoms with Crippen molar-refractivity contribution in [3.63, 3.8) is 0 Å². The Hall–Kier alpha value is -1.62. The molecule has 2 aliphatic rings. The molecule has 0 bridgehead atoms. The smallest absolute Gasteiger partial charge is 0.239 e. The molecule has 0 aromatic heterocycles.